The van der Waals surface area contributed by atoms with E-state index in [2.05, 4.69) is 20.2 Å². The van der Waals surface area contributed by atoms with Gasteiger partial charge in [-0.1, -0.05) is 0 Å². The van der Waals surface area contributed by atoms with Crippen LogP contribution in [0, 0.1) is 6.92 Å². The predicted octanol–water partition coefficient (Wildman–Crippen LogP) is -0.224. The van der Waals surface area contributed by atoms with E-state index in [1.54, 1.807) is 6.92 Å². The average molecular weight is 324 g/mol. The van der Waals surface area contributed by atoms with Gasteiger partial charge in [0.1, 0.15) is 5.69 Å². The van der Waals surface area contributed by atoms with Crippen LogP contribution in [0.4, 0.5) is 0 Å². The van der Waals surface area contributed by atoms with Crippen LogP contribution in [0.5, 0.6) is 0 Å². The van der Waals surface area contributed by atoms with Crippen molar-refractivity contribution in [2.75, 3.05) is 24.6 Å². The van der Waals surface area contributed by atoms with Crippen molar-refractivity contribution in [3.8, 4) is 0 Å². The monoisotopic (exact) mass is 324 g/mol. The maximum atomic E-state index is 12.3. The number of rotatable bonds is 3. The number of aryl methyl sites for hydroxylation is 1. The first kappa shape index (κ1) is 15.4. The van der Waals surface area contributed by atoms with Gasteiger partial charge in [0.25, 0.3) is 5.91 Å². The summed E-state index contributed by atoms with van der Waals surface area (Å²) in [5, 5.41) is 2.83. The van der Waals surface area contributed by atoms with Gasteiger partial charge in [-0.05, 0) is 32.9 Å². The molecule has 8 heteroatoms. The Labute approximate surface area is 130 Å². The molecule has 3 rings (SSSR count). The highest BCUT2D eigenvalue weighted by atomic mass is 32.2. The van der Waals surface area contributed by atoms with Crippen LogP contribution in [0.1, 0.15) is 29.0 Å². The Kier molecular flexibility index (Phi) is 4.14. The molecule has 1 amide bonds. The van der Waals surface area contributed by atoms with Crippen LogP contribution >= 0.6 is 0 Å². The standard InChI is InChI=1S/C14H20N4O3S/c1-10-6-16-11(7-15-10)14(19)17-12-8-22(20,21)9-13(12)18-4-2-3-5-18/h6-7,12-13H,2-5,8-9H2,1H3,(H,17,19)/t12-,13-/m0/s1. The van der Waals surface area contributed by atoms with Gasteiger partial charge in [0.05, 0.1) is 29.4 Å². The molecule has 0 aromatic carbocycles. The average Bonchev–Trinajstić information content (AvgIpc) is 3.07. The maximum absolute atomic E-state index is 12.3. The fourth-order valence-corrected chi connectivity index (χ4v) is 5.10. The van der Waals surface area contributed by atoms with Crippen LogP contribution in [0.25, 0.3) is 0 Å². The summed E-state index contributed by atoms with van der Waals surface area (Å²) in [6.07, 6.45) is 5.11. The SMILES string of the molecule is Cc1cnc(C(=O)N[C@H]2CS(=O)(=O)C[C@@H]2N2CCCC2)cn1. The second-order valence-corrected chi connectivity index (χ2v) is 8.16. The minimum atomic E-state index is -3.11. The second-order valence-electron chi connectivity index (χ2n) is 6.01. The lowest BCUT2D eigenvalue weighted by Crippen LogP contribution is -2.50. The van der Waals surface area contributed by atoms with Crippen LogP contribution in [-0.4, -0.2) is 65.9 Å². The Hall–Kier alpha value is -1.54. The van der Waals surface area contributed by atoms with E-state index in [4.69, 9.17) is 0 Å². The third-order valence-electron chi connectivity index (χ3n) is 4.26. The van der Waals surface area contributed by atoms with Gasteiger partial charge >= 0.3 is 0 Å². The minimum absolute atomic E-state index is 0.000797. The van der Waals surface area contributed by atoms with Crippen molar-refractivity contribution >= 4 is 15.7 Å². The lowest BCUT2D eigenvalue weighted by molar-refractivity contribution is 0.0913. The van der Waals surface area contributed by atoms with E-state index in [0.29, 0.717) is 0 Å². The van der Waals surface area contributed by atoms with Crippen LogP contribution in [0.15, 0.2) is 12.4 Å². The molecule has 2 saturated heterocycles. The van der Waals surface area contributed by atoms with Gasteiger partial charge in [-0.2, -0.15) is 0 Å². The van der Waals surface area contributed by atoms with Gasteiger partial charge in [0.15, 0.2) is 9.84 Å². The van der Waals surface area contributed by atoms with Crippen molar-refractivity contribution in [1.82, 2.24) is 20.2 Å². The molecule has 1 aromatic heterocycles. The minimum Gasteiger partial charge on any atom is -0.345 e. The van der Waals surface area contributed by atoms with E-state index in [-0.39, 0.29) is 35.2 Å². The summed E-state index contributed by atoms with van der Waals surface area (Å²) in [5.41, 5.74) is 0.949. The fraction of sp³-hybridized carbons (Fsp3) is 0.643. The Balaban J connectivity index is 1.74. The van der Waals surface area contributed by atoms with Gasteiger partial charge in [-0.3, -0.25) is 14.7 Å². The van der Waals surface area contributed by atoms with Crippen molar-refractivity contribution < 1.29 is 13.2 Å². The summed E-state index contributed by atoms with van der Waals surface area (Å²) in [6, 6.07) is -0.506. The number of carbonyl (C=O) groups is 1. The van der Waals surface area contributed by atoms with Crippen molar-refractivity contribution in [3.05, 3.63) is 23.8 Å². The quantitative estimate of drug-likeness (QED) is 0.826. The van der Waals surface area contributed by atoms with Gasteiger partial charge in [0.2, 0.25) is 0 Å². The first-order valence-corrected chi connectivity index (χ1v) is 9.31. The van der Waals surface area contributed by atoms with Crippen molar-refractivity contribution in [1.29, 1.82) is 0 Å². The molecule has 0 spiro atoms. The zero-order chi connectivity index (χ0) is 15.7. The van der Waals surface area contributed by atoms with Gasteiger partial charge in [-0.15, -0.1) is 0 Å². The lowest BCUT2D eigenvalue weighted by Gasteiger charge is -2.28. The topological polar surface area (TPSA) is 92.3 Å². The van der Waals surface area contributed by atoms with E-state index in [0.717, 1.165) is 31.6 Å². The molecule has 7 nitrogen and oxygen atoms in total. The number of sulfone groups is 1. The molecule has 2 fully saturated rings. The summed E-state index contributed by atoms with van der Waals surface area (Å²) in [7, 11) is -3.11. The normalized spacial score (nSPS) is 27.9. The second kappa shape index (κ2) is 5.92. The highest BCUT2D eigenvalue weighted by molar-refractivity contribution is 7.91. The van der Waals surface area contributed by atoms with Gasteiger partial charge < -0.3 is 5.32 Å². The molecule has 120 valence electrons. The molecule has 0 unspecified atom stereocenters. The predicted molar refractivity (Wildman–Crippen MR) is 81.3 cm³/mol. The lowest BCUT2D eigenvalue weighted by atomic mass is 10.1. The summed E-state index contributed by atoms with van der Waals surface area (Å²) in [6.45, 7) is 3.59. The Morgan fingerprint density at radius 3 is 2.59 bits per heavy atom. The number of nitrogens with one attached hydrogen (secondary N) is 1. The molecule has 22 heavy (non-hydrogen) atoms. The molecule has 2 atom stereocenters. The largest absolute Gasteiger partial charge is 0.345 e. The summed E-state index contributed by atoms with van der Waals surface area (Å²) in [4.78, 5) is 22.5. The van der Waals surface area contributed by atoms with Gasteiger partial charge in [0, 0.05) is 12.2 Å². The molecule has 0 bridgehead atoms. The Morgan fingerprint density at radius 2 is 1.95 bits per heavy atom. The van der Waals surface area contributed by atoms with Crippen molar-refractivity contribution in [3.63, 3.8) is 0 Å². The number of nitrogens with zero attached hydrogens (tertiary/aromatic N) is 3. The van der Waals surface area contributed by atoms with Crippen molar-refractivity contribution in [2.24, 2.45) is 0 Å². The number of carbonyl (C=O) groups excluding carboxylic acids is 1. The molecule has 1 N–H and O–H groups in total. The first-order chi connectivity index (χ1) is 10.4. The first-order valence-electron chi connectivity index (χ1n) is 7.48. The zero-order valence-corrected chi connectivity index (χ0v) is 13.3. The van der Waals surface area contributed by atoms with Crippen molar-refractivity contribution in [2.45, 2.75) is 31.8 Å². The highest BCUT2D eigenvalue weighted by Crippen LogP contribution is 2.22. The molecule has 3 heterocycles. The molecule has 0 saturated carbocycles. The molecule has 0 aliphatic carbocycles. The number of likely N-dealkylation sites (tertiary alicyclic amines) is 1. The van der Waals surface area contributed by atoms with E-state index >= 15 is 0 Å². The third-order valence-corrected chi connectivity index (χ3v) is 5.98. The zero-order valence-electron chi connectivity index (χ0n) is 12.5. The highest BCUT2D eigenvalue weighted by Gasteiger charge is 2.42. The molecule has 1 aromatic rings. The summed E-state index contributed by atoms with van der Waals surface area (Å²) >= 11 is 0. The maximum Gasteiger partial charge on any atom is 0.271 e. The summed E-state index contributed by atoms with van der Waals surface area (Å²) < 4.78 is 23.9. The number of hydrogen-bond acceptors (Lipinski definition) is 6. The molecule has 0 radical (unpaired) electrons. The van der Waals surface area contributed by atoms with E-state index < -0.39 is 9.84 Å². The van der Waals surface area contributed by atoms with Crippen LogP contribution in [0.3, 0.4) is 0 Å². The third kappa shape index (κ3) is 3.27. The van der Waals surface area contributed by atoms with E-state index in [9.17, 15) is 13.2 Å². The molecular weight excluding hydrogens is 304 g/mol. The molecular formula is C14H20N4O3S. The molecule has 2 aliphatic rings. The number of aromatic nitrogens is 2. The fourth-order valence-electron chi connectivity index (χ4n) is 3.15. The van der Waals surface area contributed by atoms with Crippen LogP contribution in [-0.2, 0) is 9.84 Å². The summed E-state index contributed by atoms with van der Waals surface area (Å²) in [5.74, 6) is -0.240. The Morgan fingerprint density at radius 1 is 1.23 bits per heavy atom. The number of amides is 1. The van der Waals surface area contributed by atoms with Gasteiger partial charge in [-0.25, -0.2) is 13.4 Å². The molecule has 2 aliphatic heterocycles. The smallest absolute Gasteiger partial charge is 0.271 e. The van der Waals surface area contributed by atoms with E-state index in [1.165, 1.54) is 12.4 Å². The van der Waals surface area contributed by atoms with E-state index in [1.807, 2.05) is 0 Å². The Bertz CT molecular complexity index is 653. The van der Waals surface area contributed by atoms with Crippen LogP contribution in [0.2, 0.25) is 0 Å². The number of hydrogen-bond donors (Lipinski definition) is 1. The van der Waals surface area contributed by atoms with Crippen LogP contribution < -0.4 is 5.32 Å².